The summed E-state index contributed by atoms with van der Waals surface area (Å²) < 4.78 is 0. The van der Waals surface area contributed by atoms with Gasteiger partial charge in [-0.3, -0.25) is 4.79 Å². The summed E-state index contributed by atoms with van der Waals surface area (Å²) in [7, 11) is 0. The van der Waals surface area contributed by atoms with Crippen LogP contribution in [-0.4, -0.2) is 25.5 Å². The van der Waals surface area contributed by atoms with Crippen molar-refractivity contribution < 1.29 is 4.79 Å². The van der Waals surface area contributed by atoms with E-state index < -0.39 is 0 Å². The molecule has 1 amide bonds. The molecule has 0 saturated carbocycles. The fraction of sp³-hybridized carbons (Fsp3) is 0.909. The molecule has 0 aromatic heterocycles. The standard InChI is InChI=1S/C11H22N2O/c1-3-4-8-13-10(14)11(2)6-5-7-12-9-11/h12H,3-9H2,1-2H3,(H,13,14). The van der Waals surface area contributed by atoms with Gasteiger partial charge < -0.3 is 10.6 Å². The predicted molar refractivity (Wildman–Crippen MR) is 58.1 cm³/mol. The van der Waals surface area contributed by atoms with E-state index in [4.69, 9.17) is 0 Å². The van der Waals surface area contributed by atoms with Gasteiger partial charge in [0.25, 0.3) is 0 Å². The van der Waals surface area contributed by atoms with Crippen molar-refractivity contribution in [3.8, 4) is 0 Å². The average molecular weight is 198 g/mol. The lowest BCUT2D eigenvalue weighted by Crippen LogP contribution is -2.48. The van der Waals surface area contributed by atoms with E-state index in [9.17, 15) is 4.79 Å². The molecule has 82 valence electrons. The minimum absolute atomic E-state index is 0.175. The molecule has 1 rings (SSSR count). The van der Waals surface area contributed by atoms with Crippen molar-refractivity contribution in [1.29, 1.82) is 0 Å². The molecule has 1 heterocycles. The number of rotatable bonds is 4. The van der Waals surface area contributed by atoms with E-state index in [2.05, 4.69) is 24.5 Å². The number of hydrogen-bond acceptors (Lipinski definition) is 2. The van der Waals surface area contributed by atoms with Gasteiger partial charge in [0.1, 0.15) is 0 Å². The highest BCUT2D eigenvalue weighted by Crippen LogP contribution is 2.25. The topological polar surface area (TPSA) is 41.1 Å². The predicted octanol–water partition coefficient (Wildman–Crippen LogP) is 1.29. The Morgan fingerprint density at radius 2 is 2.36 bits per heavy atom. The summed E-state index contributed by atoms with van der Waals surface area (Å²) in [6.07, 6.45) is 4.33. The van der Waals surface area contributed by atoms with Crippen molar-refractivity contribution in [3.63, 3.8) is 0 Å². The summed E-state index contributed by atoms with van der Waals surface area (Å²) in [6.45, 7) is 6.89. The maximum atomic E-state index is 11.8. The lowest BCUT2D eigenvalue weighted by Gasteiger charge is -2.32. The molecule has 0 aliphatic carbocycles. The number of nitrogens with one attached hydrogen (secondary N) is 2. The number of piperidine rings is 1. The van der Waals surface area contributed by atoms with Gasteiger partial charge in [-0.05, 0) is 32.7 Å². The van der Waals surface area contributed by atoms with Gasteiger partial charge in [-0.25, -0.2) is 0 Å². The number of unbranched alkanes of at least 4 members (excludes halogenated alkanes) is 1. The van der Waals surface area contributed by atoms with Crippen LogP contribution in [0.5, 0.6) is 0 Å². The van der Waals surface area contributed by atoms with Crippen LogP contribution in [0.4, 0.5) is 0 Å². The molecule has 1 aliphatic rings. The number of carbonyl (C=O) groups is 1. The van der Waals surface area contributed by atoms with E-state index in [0.717, 1.165) is 45.3 Å². The lowest BCUT2D eigenvalue weighted by atomic mass is 9.82. The van der Waals surface area contributed by atoms with Gasteiger partial charge in [-0.15, -0.1) is 0 Å². The van der Waals surface area contributed by atoms with E-state index in [0.29, 0.717) is 0 Å². The first-order valence-corrected chi connectivity index (χ1v) is 5.68. The Labute approximate surface area is 86.6 Å². The Balaban J connectivity index is 2.33. The smallest absolute Gasteiger partial charge is 0.227 e. The molecule has 0 aromatic carbocycles. The number of amides is 1. The van der Waals surface area contributed by atoms with Crippen LogP contribution in [0.25, 0.3) is 0 Å². The fourth-order valence-electron chi connectivity index (χ4n) is 1.84. The van der Waals surface area contributed by atoms with Crippen LogP contribution < -0.4 is 10.6 Å². The molecule has 3 heteroatoms. The van der Waals surface area contributed by atoms with Gasteiger partial charge in [-0.1, -0.05) is 13.3 Å². The minimum Gasteiger partial charge on any atom is -0.356 e. The van der Waals surface area contributed by atoms with E-state index >= 15 is 0 Å². The van der Waals surface area contributed by atoms with Gasteiger partial charge in [0.05, 0.1) is 5.41 Å². The third-order valence-corrected chi connectivity index (χ3v) is 2.96. The minimum atomic E-state index is -0.175. The van der Waals surface area contributed by atoms with Crippen molar-refractivity contribution in [2.75, 3.05) is 19.6 Å². The monoisotopic (exact) mass is 198 g/mol. The van der Waals surface area contributed by atoms with E-state index in [-0.39, 0.29) is 11.3 Å². The lowest BCUT2D eigenvalue weighted by molar-refractivity contribution is -0.131. The Morgan fingerprint density at radius 3 is 2.93 bits per heavy atom. The van der Waals surface area contributed by atoms with E-state index in [1.807, 2.05) is 0 Å². The van der Waals surface area contributed by atoms with Crippen molar-refractivity contribution >= 4 is 5.91 Å². The summed E-state index contributed by atoms with van der Waals surface area (Å²) in [5.41, 5.74) is -0.175. The van der Waals surface area contributed by atoms with Crippen LogP contribution in [0.2, 0.25) is 0 Å². The van der Waals surface area contributed by atoms with Gasteiger partial charge in [-0.2, -0.15) is 0 Å². The zero-order valence-corrected chi connectivity index (χ0v) is 9.36. The van der Waals surface area contributed by atoms with Crippen LogP contribution in [0, 0.1) is 5.41 Å². The van der Waals surface area contributed by atoms with Crippen molar-refractivity contribution in [2.45, 2.75) is 39.5 Å². The zero-order valence-electron chi connectivity index (χ0n) is 9.36. The van der Waals surface area contributed by atoms with Gasteiger partial charge in [0, 0.05) is 13.1 Å². The molecular weight excluding hydrogens is 176 g/mol. The van der Waals surface area contributed by atoms with Crippen molar-refractivity contribution in [1.82, 2.24) is 10.6 Å². The Kier molecular flexibility index (Phi) is 4.39. The zero-order chi connectivity index (χ0) is 10.4. The van der Waals surface area contributed by atoms with E-state index in [1.54, 1.807) is 0 Å². The molecule has 3 nitrogen and oxygen atoms in total. The third-order valence-electron chi connectivity index (χ3n) is 2.96. The summed E-state index contributed by atoms with van der Waals surface area (Å²) in [4.78, 5) is 11.8. The molecule has 1 atom stereocenters. The summed E-state index contributed by atoms with van der Waals surface area (Å²) in [6, 6.07) is 0. The second kappa shape index (κ2) is 5.35. The highest BCUT2D eigenvalue weighted by molar-refractivity contribution is 5.82. The van der Waals surface area contributed by atoms with Crippen molar-refractivity contribution in [2.24, 2.45) is 5.41 Å². The maximum Gasteiger partial charge on any atom is 0.227 e. The molecule has 1 saturated heterocycles. The van der Waals surface area contributed by atoms with Crippen LogP contribution in [0.1, 0.15) is 39.5 Å². The number of carbonyl (C=O) groups excluding carboxylic acids is 1. The molecule has 14 heavy (non-hydrogen) atoms. The highest BCUT2D eigenvalue weighted by Gasteiger charge is 2.33. The molecule has 2 N–H and O–H groups in total. The van der Waals surface area contributed by atoms with E-state index in [1.165, 1.54) is 0 Å². The highest BCUT2D eigenvalue weighted by atomic mass is 16.2. The Morgan fingerprint density at radius 1 is 1.57 bits per heavy atom. The van der Waals surface area contributed by atoms with Gasteiger partial charge in [0.2, 0.25) is 5.91 Å². The third kappa shape index (κ3) is 2.98. The molecule has 0 bridgehead atoms. The quantitative estimate of drug-likeness (QED) is 0.668. The second-order valence-corrected chi connectivity index (χ2v) is 4.45. The summed E-state index contributed by atoms with van der Waals surface area (Å²) >= 11 is 0. The largest absolute Gasteiger partial charge is 0.356 e. The van der Waals surface area contributed by atoms with Crippen LogP contribution >= 0.6 is 0 Å². The maximum absolute atomic E-state index is 11.8. The van der Waals surface area contributed by atoms with Crippen LogP contribution in [0.3, 0.4) is 0 Å². The van der Waals surface area contributed by atoms with Gasteiger partial charge in [0.15, 0.2) is 0 Å². The molecule has 1 unspecified atom stereocenters. The van der Waals surface area contributed by atoms with Crippen LogP contribution in [0.15, 0.2) is 0 Å². The fourth-order valence-corrected chi connectivity index (χ4v) is 1.84. The molecule has 0 spiro atoms. The Bertz CT molecular complexity index is 186. The second-order valence-electron chi connectivity index (χ2n) is 4.45. The van der Waals surface area contributed by atoms with Gasteiger partial charge >= 0.3 is 0 Å². The Hall–Kier alpha value is -0.570. The average Bonchev–Trinajstić information content (AvgIpc) is 2.19. The summed E-state index contributed by atoms with van der Waals surface area (Å²) in [5.74, 6) is 0.221. The molecule has 1 aliphatic heterocycles. The van der Waals surface area contributed by atoms with Crippen molar-refractivity contribution in [3.05, 3.63) is 0 Å². The summed E-state index contributed by atoms with van der Waals surface area (Å²) in [5, 5.41) is 6.30. The first-order valence-electron chi connectivity index (χ1n) is 5.68. The molecular formula is C11H22N2O. The molecule has 0 radical (unpaired) electrons. The van der Waals surface area contributed by atoms with Crippen LogP contribution in [-0.2, 0) is 4.79 Å². The first-order chi connectivity index (χ1) is 6.69. The number of hydrogen-bond donors (Lipinski definition) is 2. The molecule has 0 aromatic rings. The SMILES string of the molecule is CCCCNC(=O)C1(C)CCCNC1. The first kappa shape index (κ1) is 11.5. The molecule has 1 fully saturated rings. The normalized spacial score (nSPS) is 27.3.